The van der Waals surface area contributed by atoms with E-state index in [0.717, 1.165) is 15.8 Å². The van der Waals surface area contributed by atoms with Crippen molar-refractivity contribution in [1.82, 2.24) is 0 Å². The number of benzene rings is 1. The maximum atomic E-state index is 5.45. The highest BCUT2D eigenvalue weighted by atomic mass is 79.9. The van der Waals surface area contributed by atoms with E-state index in [1.165, 1.54) is 5.57 Å². The van der Waals surface area contributed by atoms with Crippen LogP contribution in [0.25, 0.3) is 5.57 Å². The van der Waals surface area contributed by atoms with Gasteiger partial charge in [-0.2, -0.15) is 0 Å². The molecule has 0 fully saturated rings. The third kappa shape index (κ3) is 2.59. The Morgan fingerprint density at radius 2 is 2.29 bits per heavy atom. The topological polar surface area (TPSA) is 35.2 Å². The van der Waals surface area contributed by atoms with Crippen LogP contribution >= 0.6 is 15.9 Å². The average Bonchev–Trinajstić information content (AvgIpc) is 2.18. The molecule has 2 N–H and O–H groups in total. The van der Waals surface area contributed by atoms with E-state index in [2.05, 4.69) is 15.9 Å². The Bertz CT molecular complexity index is 347. The molecule has 1 rings (SSSR count). The number of halogens is 1. The number of nitrogens with two attached hydrogens (primary N) is 1. The van der Waals surface area contributed by atoms with Gasteiger partial charge in [-0.3, -0.25) is 0 Å². The molecule has 0 unspecified atom stereocenters. The van der Waals surface area contributed by atoms with Gasteiger partial charge >= 0.3 is 0 Å². The van der Waals surface area contributed by atoms with Crippen LogP contribution in [0.3, 0.4) is 0 Å². The van der Waals surface area contributed by atoms with Crippen LogP contribution in [0.1, 0.15) is 12.5 Å². The van der Waals surface area contributed by atoms with Crippen LogP contribution in [0, 0.1) is 0 Å². The summed E-state index contributed by atoms with van der Waals surface area (Å²) in [4.78, 5) is 0. The third-order valence-electron chi connectivity index (χ3n) is 2.03. The van der Waals surface area contributed by atoms with Gasteiger partial charge in [-0.1, -0.05) is 12.1 Å². The predicted octanol–water partition coefficient (Wildman–Crippen LogP) is 2.82. The first kappa shape index (κ1) is 11.3. The van der Waals surface area contributed by atoms with Crippen molar-refractivity contribution in [2.45, 2.75) is 6.92 Å². The highest BCUT2D eigenvalue weighted by molar-refractivity contribution is 9.10. The summed E-state index contributed by atoms with van der Waals surface area (Å²) < 4.78 is 6.11. The maximum Gasteiger partial charge on any atom is 0.133 e. The molecule has 0 aliphatic carbocycles. The van der Waals surface area contributed by atoms with Crippen LogP contribution in [0.15, 0.2) is 28.7 Å². The summed E-state index contributed by atoms with van der Waals surface area (Å²) in [5, 5.41) is 0. The lowest BCUT2D eigenvalue weighted by Gasteiger charge is -2.06. The standard InChI is InChI=1S/C11H14BrNO/c1-8(5-6-13)9-3-4-11(14-2)10(12)7-9/h3-5,7H,6,13H2,1-2H3/b8-5+. The summed E-state index contributed by atoms with van der Waals surface area (Å²) in [5.74, 6) is 0.842. The summed E-state index contributed by atoms with van der Waals surface area (Å²) in [6.07, 6.45) is 1.99. The van der Waals surface area contributed by atoms with E-state index in [1.807, 2.05) is 31.2 Å². The number of allylic oxidation sites excluding steroid dienone is 1. The average molecular weight is 256 g/mol. The van der Waals surface area contributed by atoms with Crippen molar-refractivity contribution in [2.75, 3.05) is 13.7 Å². The first-order valence-electron chi connectivity index (χ1n) is 4.39. The molecule has 0 atom stereocenters. The first-order valence-corrected chi connectivity index (χ1v) is 5.19. The molecule has 0 saturated heterocycles. The minimum Gasteiger partial charge on any atom is -0.496 e. The van der Waals surface area contributed by atoms with Gasteiger partial charge in [0.25, 0.3) is 0 Å². The van der Waals surface area contributed by atoms with Crippen molar-refractivity contribution in [3.05, 3.63) is 34.3 Å². The molecule has 2 nitrogen and oxygen atoms in total. The SMILES string of the molecule is COc1ccc(/C(C)=C/CN)cc1Br. The Kier molecular flexibility index (Phi) is 4.17. The Labute approximate surface area is 92.9 Å². The largest absolute Gasteiger partial charge is 0.496 e. The monoisotopic (exact) mass is 255 g/mol. The number of hydrogen-bond acceptors (Lipinski definition) is 2. The van der Waals surface area contributed by atoms with Gasteiger partial charge in [0.2, 0.25) is 0 Å². The van der Waals surface area contributed by atoms with Gasteiger partial charge < -0.3 is 10.5 Å². The van der Waals surface area contributed by atoms with E-state index >= 15 is 0 Å². The lowest BCUT2D eigenvalue weighted by molar-refractivity contribution is 0.412. The van der Waals surface area contributed by atoms with E-state index < -0.39 is 0 Å². The van der Waals surface area contributed by atoms with Gasteiger partial charge in [0.15, 0.2) is 0 Å². The van der Waals surface area contributed by atoms with Crippen LogP contribution in [0.2, 0.25) is 0 Å². The van der Waals surface area contributed by atoms with E-state index in [0.29, 0.717) is 6.54 Å². The van der Waals surface area contributed by atoms with E-state index in [1.54, 1.807) is 7.11 Å². The molecular formula is C11H14BrNO. The van der Waals surface area contributed by atoms with Crippen molar-refractivity contribution in [2.24, 2.45) is 5.73 Å². The van der Waals surface area contributed by atoms with Crippen LogP contribution in [0.5, 0.6) is 5.75 Å². The van der Waals surface area contributed by atoms with Crippen molar-refractivity contribution in [3.63, 3.8) is 0 Å². The quantitative estimate of drug-likeness (QED) is 0.902. The molecule has 14 heavy (non-hydrogen) atoms. The zero-order valence-electron chi connectivity index (χ0n) is 8.38. The van der Waals surface area contributed by atoms with Gasteiger partial charge in [-0.15, -0.1) is 0 Å². The van der Waals surface area contributed by atoms with E-state index in [9.17, 15) is 0 Å². The second-order valence-corrected chi connectivity index (χ2v) is 3.83. The lowest BCUT2D eigenvalue weighted by Crippen LogP contribution is -1.94. The van der Waals surface area contributed by atoms with E-state index in [4.69, 9.17) is 10.5 Å². The molecular weight excluding hydrogens is 242 g/mol. The Balaban J connectivity index is 3.02. The van der Waals surface area contributed by atoms with Crippen molar-refractivity contribution < 1.29 is 4.74 Å². The molecule has 0 aromatic heterocycles. The second-order valence-electron chi connectivity index (χ2n) is 2.97. The number of hydrogen-bond donors (Lipinski definition) is 1. The van der Waals surface area contributed by atoms with Gasteiger partial charge in [-0.05, 0) is 46.1 Å². The molecule has 0 aliphatic rings. The van der Waals surface area contributed by atoms with Gasteiger partial charge in [0.1, 0.15) is 5.75 Å². The van der Waals surface area contributed by atoms with Gasteiger partial charge in [0, 0.05) is 6.54 Å². The fraction of sp³-hybridized carbons (Fsp3) is 0.273. The molecule has 0 amide bonds. The molecule has 76 valence electrons. The molecule has 0 heterocycles. The minimum atomic E-state index is 0.565. The minimum absolute atomic E-state index is 0.565. The Hall–Kier alpha value is -0.800. The normalized spacial score (nSPS) is 11.6. The molecule has 0 aliphatic heterocycles. The summed E-state index contributed by atoms with van der Waals surface area (Å²) in [7, 11) is 1.66. The highest BCUT2D eigenvalue weighted by Gasteiger charge is 2.01. The summed E-state index contributed by atoms with van der Waals surface area (Å²) >= 11 is 3.44. The van der Waals surface area contributed by atoms with Crippen LogP contribution < -0.4 is 10.5 Å². The Morgan fingerprint density at radius 1 is 1.57 bits per heavy atom. The second kappa shape index (κ2) is 5.17. The van der Waals surface area contributed by atoms with Crippen LogP contribution in [-0.2, 0) is 0 Å². The smallest absolute Gasteiger partial charge is 0.133 e. The highest BCUT2D eigenvalue weighted by Crippen LogP contribution is 2.28. The maximum absolute atomic E-state index is 5.45. The molecule has 0 spiro atoms. The summed E-state index contributed by atoms with van der Waals surface area (Å²) in [6, 6.07) is 5.98. The third-order valence-corrected chi connectivity index (χ3v) is 2.65. The Morgan fingerprint density at radius 3 is 2.79 bits per heavy atom. The molecule has 1 aromatic rings. The van der Waals surface area contributed by atoms with Crippen molar-refractivity contribution >= 4 is 21.5 Å². The molecule has 3 heteroatoms. The zero-order valence-corrected chi connectivity index (χ0v) is 9.97. The summed E-state index contributed by atoms with van der Waals surface area (Å²) in [6.45, 7) is 2.61. The molecule has 0 saturated carbocycles. The van der Waals surface area contributed by atoms with Crippen LogP contribution in [-0.4, -0.2) is 13.7 Å². The lowest BCUT2D eigenvalue weighted by atomic mass is 10.1. The molecule has 0 radical (unpaired) electrons. The van der Waals surface area contributed by atoms with Gasteiger partial charge in [-0.25, -0.2) is 0 Å². The number of ether oxygens (including phenoxy) is 1. The zero-order chi connectivity index (χ0) is 10.6. The van der Waals surface area contributed by atoms with Crippen molar-refractivity contribution in [1.29, 1.82) is 0 Å². The fourth-order valence-electron chi connectivity index (χ4n) is 1.21. The summed E-state index contributed by atoms with van der Waals surface area (Å²) in [5.41, 5.74) is 7.78. The predicted molar refractivity (Wildman–Crippen MR) is 63.4 cm³/mol. The van der Waals surface area contributed by atoms with Gasteiger partial charge in [0.05, 0.1) is 11.6 Å². The number of methoxy groups -OCH3 is 1. The number of rotatable bonds is 3. The first-order chi connectivity index (χ1) is 6.69. The van der Waals surface area contributed by atoms with Crippen molar-refractivity contribution in [3.8, 4) is 5.75 Å². The van der Waals surface area contributed by atoms with Crippen LogP contribution in [0.4, 0.5) is 0 Å². The molecule has 1 aromatic carbocycles. The fourth-order valence-corrected chi connectivity index (χ4v) is 1.75. The molecule has 0 bridgehead atoms. The van der Waals surface area contributed by atoms with E-state index in [-0.39, 0.29) is 0 Å².